The van der Waals surface area contributed by atoms with Gasteiger partial charge in [0.15, 0.2) is 17.2 Å². The lowest BCUT2D eigenvalue weighted by Crippen LogP contribution is -2.75. The highest BCUT2D eigenvalue weighted by molar-refractivity contribution is 6.24. The summed E-state index contributed by atoms with van der Waals surface area (Å²) in [5, 5.41) is 58.5. The maximum absolute atomic E-state index is 14.6. The Morgan fingerprint density at radius 3 is 2.25 bits per heavy atom. The van der Waals surface area contributed by atoms with Crippen molar-refractivity contribution in [2.45, 2.75) is 90.8 Å². The number of phenolic OH excluding ortho intramolecular Hbond substituents is 1. The molecule has 0 bridgehead atoms. The monoisotopic (exact) mass is 552 g/mol. The van der Waals surface area contributed by atoms with E-state index in [1.54, 1.807) is 32.9 Å². The molecule has 2 saturated carbocycles. The zero-order valence-corrected chi connectivity index (χ0v) is 23.8. The number of hydrogen-bond donors (Lipinski definition) is 5. The number of aromatic hydroxyl groups is 1. The minimum atomic E-state index is -2.86. The molecule has 8 heteroatoms. The van der Waals surface area contributed by atoms with Crippen LogP contribution < -0.4 is 0 Å². The molecule has 0 spiro atoms. The van der Waals surface area contributed by atoms with Crippen LogP contribution in [0.4, 0.5) is 0 Å². The fourth-order valence-electron chi connectivity index (χ4n) is 8.88. The van der Waals surface area contributed by atoms with Crippen molar-refractivity contribution in [2.75, 3.05) is 0 Å². The van der Waals surface area contributed by atoms with Gasteiger partial charge in [0.05, 0.1) is 17.2 Å². The van der Waals surface area contributed by atoms with Crippen molar-refractivity contribution in [2.24, 2.45) is 28.6 Å². The molecular formula is C32H40O8. The Labute approximate surface area is 234 Å². The lowest BCUT2D eigenvalue weighted by atomic mass is 9.40. The molecule has 216 valence electrons. The smallest absolute Gasteiger partial charge is 0.203 e. The van der Waals surface area contributed by atoms with E-state index in [4.69, 9.17) is 0 Å². The first-order valence-electron chi connectivity index (χ1n) is 14.4. The first kappa shape index (κ1) is 28.6. The first-order valence-corrected chi connectivity index (χ1v) is 14.4. The molecule has 1 aromatic carbocycles. The largest absolute Gasteiger partial charge is 0.508 e. The molecule has 5 rings (SSSR count). The molecule has 0 amide bonds. The Balaban J connectivity index is 1.83. The second-order valence-electron chi connectivity index (χ2n) is 13.1. The molecule has 2 unspecified atom stereocenters. The molecule has 8 nitrogen and oxygen atoms in total. The topological polar surface area (TPSA) is 152 Å². The van der Waals surface area contributed by atoms with Gasteiger partial charge >= 0.3 is 0 Å². The summed E-state index contributed by atoms with van der Waals surface area (Å²) in [6.45, 7) is 7.59. The lowest BCUT2D eigenvalue weighted by molar-refractivity contribution is -0.216. The standard InChI is InChI=1S/C32H40O8/c1-15(2)23-25(35)21(16(3)33)27(37)32(40)28(38)24-26(36)22-18(11-8-12-20(22)34)19(14-13-17-9-6-7-10-17)30(24,4)29(39)31(23,32)5/h8,11-12,15,17,19,23,29,34,36-37,39-40H,6-7,9-10,13-14H2,1-5H3/t19?,23?,29-,30+,31+,32+/m1/s1. The van der Waals surface area contributed by atoms with Gasteiger partial charge in [-0.15, -0.1) is 0 Å². The molecule has 0 heterocycles. The van der Waals surface area contributed by atoms with Gasteiger partial charge in [-0.2, -0.15) is 0 Å². The van der Waals surface area contributed by atoms with Crippen LogP contribution >= 0.6 is 0 Å². The number of aliphatic hydroxyl groups is 4. The summed E-state index contributed by atoms with van der Waals surface area (Å²) in [7, 11) is 0. The normalized spacial score (nSPS) is 36.1. The van der Waals surface area contributed by atoms with E-state index in [0.717, 1.165) is 39.0 Å². The molecule has 2 fully saturated rings. The fourth-order valence-corrected chi connectivity index (χ4v) is 8.88. The zero-order valence-electron chi connectivity index (χ0n) is 23.8. The third-order valence-electron chi connectivity index (χ3n) is 10.8. The van der Waals surface area contributed by atoms with Crippen LogP contribution in [-0.4, -0.2) is 54.6 Å². The highest BCUT2D eigenvalue weighted by Gasteiger charge is 2.77. The highest BCUT2D eigenvalue weighted by atomic mass is 16.4. The quantitative estimate of drug-likeness (QED) is 0.330. The van der Waals surface area contributed by atoms with E-state index in [1.165, 1.54) is 13.0 Å². The highest BCUT2D eigenvalue weighted by Crippen LogP contribution is 2.68. The van der Waals surface area contributed by atoms with Crippen LogP contribution in [0.15, 0.2) is 35.1 Å². The van der Waals surface area contributed by atoms with Crippen LogP contribution in [0.3, 0.4) is 0 Å². The molecule has 6 atom stereocenters. The second-order valence-corrected chi connectivity index (χ2v) is 13.1. The van der Waals surface area contributed by atoms with Crippen molar-refractivity contribution in [3.63, 3.8) is 0 Å². The molecule has 0 aromatic heterocycles. The summed E-state index contributed by atoms with van der Waals surface area (Å²) in [6.07, 6.45) is 4.19. The van der Waals surface area contributed by atoms with Crippen molar-refractivity contribution in [1.82, 2.24) is 0 Å². The van der Waals surface area contributed by atoms with Gasteiger partial charge in [-0.3, -0.25) is 14.4 Å². The minimum absolute atomic E-state index is 0.0571. The number of Topliss-reactive ketones (excluding diaryl/α,β-unsaturated/α-hetero) is 3. The molecule has 1 aromatic rings. The van der Waals surface area contributed by atoms with Crippen LogP contribution in [0.2, 0.25) is 0 Å². The summed E-state index contributed by atoms with van der Waals surface area (Å²) < 4.78 is 0. The number of phenols is 1. The fraction of sp³-hybridized carbons (Fsp3) is 0.594. The average Bonchev–Trinajstić information content (AvgIpc) is 3.39. The zero-order chi connectivity index (χ0) is 29.5. The molecule has 4 aliphatic rings. The van der Waals surface area contributed by atoms with Crippen molar-refractivity contribution in [3.8, 4) is 5.75 Å². The average molecular weight is 553 g/mol. The maximum atomic E-state index is 14.6. The summed E-state index contributed by atoms with van der Waals surface area (Å²) >= 11 is 0. The van der Waals surface area contributed by atoms with E-state index >= 15 is 0 Å². The summed E-state index contributed by atoms with van der Waals surface area (Å²) in [6, 6.07) is 4.82. The predicted octanol–water partition coefficient (Wildman–Crippen LogP) is 4.67. The van der Waals surface area contributed by atoms with E-state index in [0.29, 0.717) is 17.9 Å². The number of rotatable bonds is 5. The van der Waals surface area contributed by atoms with E-state index in [1.807, 2.05) is 0 Å². The third-order valence-corrected chi connectivity index (χ3v) is 10.8. The van der Waals surface area contributed by atoms with Crippen LogP contribution in [-0.2, 0) is 14.4 Å². The van der Waals surface area contributed by atoms with Crippen LogP contribution in [0.5, 0.6) is 5.75 Å². The van der Waals surface area contributed by atoms with Gasteiger partial charge in [-0.1, -0.05) is 65.5 Å². The van der Waals surface area contributed by atoms with E-state index in [9.17, 15) is 39.9 Å². The second kappa shape index (κ2) is 9.28. The van der Waals surface area contributed by atoms with Gasteiger partial charge < -0.3 is 25.5 Å². The molecule has 5 N–H and O–H groups in total. The summed E-state index contributed by atoms with van der Waals surface area (Å²) in [5.41, 5.74) is -6.62. The third kappa shape index (κ3) is 3.35. The summed E-state index contributed by atoms with van der Waals surface area (Å²) in [4.78, 5) is 40.9. The number of carbonyl (C=O) groups excluding carboxylic acids is 3. The van der Waals surface area contributed by atoms with Gasteiger partial charge in [0.1, 0.15) is 22.8 Å². The van der Waals surface area contributed by atoms with Gasteiger partial charge in [0, 0.05) is 16.7 Å². The molecule has 4 aliphatic carbocycles. The van der Waals surface area contributed by atoms with Gasteiger partial charge in [0.25, 0.3) is 0 Å². The predicted molar refractivity (Wildman–Crippen MR) is 147 cm³/mol. The number of aliphatic hydroxyl groups excluding tert-OH is 3. The number of ketones is 3. The van der Waals surface area contributed by atoms with Crippen molar-refractivity contribution in [1.29, 1.82) is 0 Å². The molecule has 0 saturated heterocycles. The molecule has 0 aliphatic heterocycles. The van der Waals surface area contributed by atoms with Gasteiger partial charge in [-0.25, -0.2) is 0 Å². The SMILES string of the molecule is CC(=O)C1=C(O)[C@]2(O)C(=O)C3=C(O)c4c(O)cccc4C(CCC4CCCC4)[C@]3(C)[C@@H](O)[C@]2(C)C(C(C)C)C1=O. The summed E-state index contributed by atoms with van der Waals surface area (Å²) in [5.74, 6) is -6.32. The van der Waals surface area contributed by atoms with Crippen LogP contribution in [0.25, 0.3) is 5.76 Å². The Hall–Kier alpha value is -2.97. The minimum Gasteiger partial charge on any atom is -0.508 e. The Morgan fingerprint density at radius 2 is 1.68 bits per heavy atom. The Kier molecular flexibility index (Phi) is 6.62. The van der Waals surface area contributed by atoms with Crippen molar-refractivity contribution in [3.05, 3.63) is 46.2 Å². The number of allylic oxidation sites excluding steroid dienone is 1. The van der Waals surface area contributed by atoms with Gasteiger partial charge in [0.2, 0.25) is 5.78 Å². The molecular weight excluding hydrogens is 512 g/mol. The first-order chi connectivity index (χ1) is 18.7. The number of hydrogen-bond acceptors (Lipinski definition) is 8. The molecule has 0 radical (unpaired) electrons. The maximum Gasteiger partial charge on any atom is 0.203 e. The number of benzene rings is 1. The lowest BCUT2D eigenvalue weighted by Gasteiger charge is -2.64. The van der Waals surface area contributed by atoms with E-state index in [-0.39, 0.29) is 16.9 Å². The number of fused-ring (bicyclic) bond motifs is 3. The van der Waals surface area contributed by atoms with Crippen molar-refractivity contribution >= 4 is 23.1 Å². The Bertz CT molecular complexity index is 1360. The van der Waals surface area contributed by atoms with E-state index < -0.39 is 74.7 Å². The van der Waals surface area contributed by atoms with E-state index in [2.05, 4.69) is 0 Å². The van der Waals surface area contributed by atoms with Gasteiger partial charge in [-0.05, 0) is 49.1 Å². The Morgan fingerprint density at radius 1 is 1.05 bits per heavy atom. The van der Waals surface area contributed by atoms with Crippen LogP contribution in [0.1, 0.15) is 90.2 Å². The number of carbonyl (C=O) groups is 3. The van der Waals surface area contributed by atoms with Crippen LogP contribution in [0, 0.1) is 28.6 Å². The molecule has 40 heavy (non-hydrogen) atoms. The van der Waals surface area contributed by atoms with Crippen molar-refractivity contribution < 1.29 is 39.9 Å².